The van der Waals surface area contributed by atoms with Crippen molar-refractivity contribution in [1.82, 2.24) is 5.32 Å². The van der Waals surface area contributed by atoms with Crippen LogP contribution in [0, 0.1) is 18.8 Å². The smallest absolute Gasteiger partial charge is 0.335 e. The highest BCUT2D eigenvalue weighted by Gasteiger charge is 2.36. The lowest BCUT2D eigenvalue weighted by atomic mass is 10.1. The number of carbonyl (C=O) groups is 3. The number of nitrogens with one attached hydrogen (secondary N) is 1. The van der Waals surface area contributed by atoms with E-state index in [1.807, 2.05) is 0 Å². The first kappa shape index (κ1) is 24.3. The van der Waals surface area contributed by atoms with E-state index < -0.39 is 23.7 Å². The van der Waals surface area contributed by atoms with Crippen LogP contribution in [0.15, 0.2) is 66.2 Å². The molecule has 0 spiro atoms. The largest absolute Gasteiger partial charge is 0.487 e. The molecule has 3 aromatic rings. The number of carbonyl (C=O) groups excluding carboxylic acids is 3. The van der Waals surface area contributed by atoms with E-state index >= 15 is 0 Å². The molecule has 0 atom stereocenters. The number of ether oxygens (including phenoxy) is 1. The van der Waals surface area contributed by atoms with Crippen LogP contribution in [0.3, 0.4) is 0 Å². The van der Waals surface area contributed by atoms with Crippen LogP contribution < -0.4 is 15.0 Å². The van der Waals surface area contributed by atoms with Crippen LogP contribution in [0.1, 0.15) is 11.1 Å². The van der Waals surface area contributed by atoms with E-state index in [4.69, 9.17) is 4.74 Å². The standard InChI is InChI=1S/C24H14F2I2N2O4/c25-15-4-6-17(7-5-15)30-23(32)18(22(31)29-24(30)33)9-14-10-19(27)21(20(28)11-14)34-12-13-2-1-3-16(26)8-13/h1-11H,12H2,(H,29,31,33)/b18-9+. The van der Waals surface area contributed by atoms with Gasteiger partial charge in [-0.1, -0.05) is 12.1 Å². The van der Waals surface area contributed by atoms with Crippen molar-refractivity contribution in [1.29, 1.82) is 0 Å². The summed E-state index contributed by atoms with van der Waals surface area (Å²) in [6.45, 7) is 0.167. The van der Waals surface area contributed by atoms with Gasteiger partial charge in [-0.3, -0.25) is 14.9 Å². The molecule has 0 radical (unpaired) electrons. The molecule has 1 heterocycles. The molecule has 1 N–H and O–H groups in total. The first-order valence-electron chi connectivity index (χ1n) is 9.76. The van der Waals surface area contributed by atoms with Gasteiger partial charge in [-0.25, -0.2) is 18.5 Å². The number of rotatable bonds is 5. The molecule has 10 heteroatoms. The Morgan fingerprint density at radius 2 is 1.59 bits per heavy atom. The SMILES string of the molecule is O=C1NC(=O)N(c2ccc(F)cc2)C(=O)/C1=C/c1cc(I)c(OCc2cccc(F)c2)c(I)c1. The molecule has 4 amide bonds. The van der Waals surface area contributed by atoms with Crippen LogP contribution in [0.25, 0.3) is 6.08 Å². The van der Waals surface area contributed by atoms with Crippen molar-refractivity contribution < 1.29 is 27.9 Å². The molecule has 1 aliphatic rings. The van der Waals surface area contributed by atoms with E-state index in [-0.39, 0.29) is 23.7 Å². The van der Waals surface area contributed by atoms with Crippen molar-refractivity contribution >= 4 is 74.8 Å². The number of urea groups is 1. The van der Waals surface area contributed by atoms with Gasteiger partial charge in [0.05, 0.1) is 12.8 Å². The van der Waals surface area contributed by atoms with E-state index in [0.29, 0.717) is 24.0 Å². The molecule has 6 nitrogen and oxygen atoms in total. The Kier molecular flexibility index (Phi) is 7.26. The lowest BCUT2D eigenvalue weighted by Gasteiger charge is -2.26. The first-order valence-corrected chi connectivity index (χ1v) is 11.9. The second-order valence-corrected chi connectivity index (χ2v) is 9.49. The van der Waals surface area contributed by atoms with Gasteiger partial charge >= 0.3 is 6.03 Å². The minimum absolute atomic E-state index is 0.132. The van der Waals surface area contributed by atoms with Gasteiger partial charge in [0, 0.05) is 0 Å². The number of imide groups is 2. The van der Waals surface area contributed by atoms with Crippen LogP contribution >= 0.6 is 45.2 Å². The van der Waals surface area contributed by atoms with Crippen molar-refractivity contribution in [2.24, 2.45) is 0 Å². The Bertz CT molecular complexity index is 1320. The van der Waals surface area contributed by atoms with Crippen molar-refractivity contribution in [3.05, 3.63) is 96.1 Å². The summed E-state index contributed by atoms with van der Waals surface area (Å²) >= 11 is 4.13. The molecule has 4 rings (SSSR count). The zero-order chi connectivity index (χ0) is 24.4. The molecule has 1 aliphatic heterocycles. The van der Waals surface area contributed by atoms with Crippen LogP contribution in [-0.4, -0.2) is 17.8 Å². The number of barbiturate groups is 1. The quantitative estimate of drug-likeness (QED) is 0.221. The maximum absolute atomic E-state index is 13.4. The third kappa shape index (κ3) is 5.27. The molecule has 0 saturated carbocycles. The van der Waals surface area contributed by atoms with Crippen molar-refractivity contribution in [2.75, 3.05) is 4.90 Å². The summed E-state index contributed by atoms with van der Waals surface area (Å²) in [5.74, 6) is -1.95. The fourth-order valence-electron chi connectivity index (χ4n) is 3.23. The van der Waals surface area contributed by atoms with Gasteiger partial charge in [0.1, 0.15) is 29.6 Å². The van der Waals surface area contributed by atoms with Gasteiger partial charge in [-0.2, -0.15) is 0 Å². The molecule has 3 aromatic carbocycles. The number of nitrogens with zero attached hydrogens (tertiary/aromatic N) is 1. The van der Waals surface area contributed by atoms with Crippen molar-refractivity contribution in [2.45, 2.75) is 6.61 Å². The maximum atomic E-state index is 13.4. The Labute approximate surface area is 220 Å². The fourth-order valence-corrected chi connectivity index (χ4v) is 5.36. The summed E-state index contributed by atoms with van der Waals surface area (Å²) in [5, 5.41) is 2.13. The summed E-state index contributed by atoms with van der Waals surface area (Å²) in [6, 6.07) is 13.4. The predicted octanol–water partition coefficient (Wildman–Crippen LogP) is 5.42. The highest BCUT2D eigenvalue weighted by molar-refractivity contribution is 14.1. The minimum atomic E-state index is -0.913. The monoisotopic (exact) mass is 686 g/mol. The number of hydrogen-bond acceptors (Lipinski definition) is 4. The van der Waals surface area contributed by atoms with Crippen LogP contribution in [-0.2, 0) is 16.2 Å². The minimum Gasteiger partial charge on any atom is -0.487 e. The maximum Gasteiger partial charge on any atom is 0.335 e. The van der Waals surface area contributed by atoms with E-state index in [0.717, 1.165) is 17.0 Å². The number of hydrogen-bond donors (Lipinski definition) is 1. The van der Waals surface area contributed by atoms with E-state index in [9.17, 15) is 23.2 Å². The van der Waals surface area contributed by atoms with Gasteiger partial charge in [0.15, 0.2) is 0 Å². The molecule has 0 unspecified atom stereocenters. The Hall–Kier alpha value is -2.87. The average molecular weight is 686 g/mol. The van der Waals surface area contributed by atoms with E-state index in [2.05, 4.69) is 50.5 Å². The van der Waals surface area contributed by atoms with Crippen LogP contribution in [0.5, 0.6) is 5.75 Å². The molecule has 0 aliphatic carbocycles. The molecular weight excluding hydrogens is 672 g/mol. The molecule has 172 valence electrons. The number of anilines is 1. The summed E-state index contributed by atoms with van der Waals surface area (Å²) in [5.41, 5.74) is 1.10. The Morgan fingerprint density at radius 1 is 0.912 bits per heavy atom. The zero-order valence-corrected chi connectivity index (χ0v) is 21.5. The highest BCUT2D eigenvalue weighted by atomic mass is 127. The Balaban J connectivity index is 1.60. The lowest BCUT2D eigenvalue weighted by molar-refractivity contribution is -0.122. The zero-order valence-electron chi connectivity index (χ0n) is 17.2. The number of halogens is 4. The number of benzene rings is 3. The highest BCUT2D eigenvalue weighted by Crippen LogP contribution is 2.31. The van der Waals surface area contributed by atoms with Crippen molar-refractivity contribution in [3.63, 3.8) is 0 Å². The third-order valence-electron chi connectivity index (χ3n) is 4.79. The Morgan fingerprint density at radius 3 is 2.24 bits per heavy atom. The predicted molar refractivity (Wildman–Crippen MR) is 138 cm³/mol. The molecule has 34 heavy (non-hydrogen) atoms. The summed E-state index contributed by atoms with van der Waals surface area (Å²) in [7, 11) is 0. The molecule has 0 bridgehead atoms. The normalized spacial score (nSPS) is 15.0. The number of amides is 4. The van der Waals surface area contributed by atoms with Gasteiger partial charge < -0.3 is 4.74 Å². The third-order valence-corrected chi connectivity index (χ3v) is 6.39. The molecule has 1 saturated heterocycles. The summed E-state index contributed by atoms with van der Waals surface area (Å²) < 4.78 is 33.9. The average Bonchev–Trinajstić information content (AvgIpc) is 2.77. The van der Waals surface area contributed by atoms with Gasteiger partial charge in [-0.05, 0) is 111 Å². The van der Waals surface area contributed by atoms with Gasteiger partial charge in [0.25, 0.3) is 11.8 Å². The van der Waals surface area contributed by atoms with E-state index in [1.54, 1.807) is 24.3 Å². The second-order valence-electron chi connectivity index (χ2n) is 7.17. The molecule has 0 aromatic heterocycles. The van der Waals surface area contributed by atoms with Crippen LogP contribution in [0.2, 0.25) is 0 Å². The summed E-state index contributed by atoms with van der Waals surface area (Å²) in [4.78, 5) is 38.4. The van der Waals surface area contributed by atoms with Gasteiger partial charge in [0.2, 0.25) is 0 Å². The molecular formula is C24H14F2I2N2O4. The lowest BCUT2D eigenvalue weighted by Crippen LogP contribution is -2.54. The van der Waals surface area contributed by atoms with Gasteiger partial charge in [-0.15, -0.1) is 0 Å². The fraction of sp³-hybridized carbons (Fsp3) is 0.0417. The summed E-state index contributed by atoms with van der Waals surface area (Å²) in [6.07, 6.45) is 1.38. The topological polar surface area (TPSA) is 75.7 Å². The second kappa shape index (κ2) is 10.2. The van der Waals surface area contributed by atoms with E-state index in [1.165, 1.54) is 30.3 Å². The van der Waals surface area contributed by atoms with Crippen molar-refractivity contribution in [3.8, 4) is 5.75 Å². The van der Waals surface area contributed by atoms with Crippen LogP contribution in [0.4, 0.5) is 19.3 Å². The molecule has 1 fully saturated rings. The first-order chi connectivity index (χ1) is 16.2.